The molecule has 0 aromatic heterocycles. The molecule has 7 nitrogen and oxygen atoms in total. The molecule has 1 atom stereocenters. The van der Waals surface area contributed by atoms with E-state index in [0.717, 1.165) is 6.42 Å². The molecule has 0 radical (unpaired) electrons. The highest BCUT2D eigenvalue weighted by molar-refractivity contribution is 6.00. The summed E-state index contributed by atoms with van der Waals surface area (Å²) in [5.41, 5.74) is 1.23. The second-order valence-electron chi connectivity index (χ2n) is 6.43. The Hall–Kier alpha value is -3.22. The van der Waals surface area contributed by atoms with E-state index in [1.165, 1.54) is 0 Å². The maximum Gasteiger partial charge on any atom is 0.322 e. The summed E-state index contributed by atoms with van der Waals surface area (Å²) in [7, 11) is 1.57. The minimum Gasteiger partial charge on any atom is -0.497 e. The summed E-state index contributed by atoms with van der Waals surface area (Å²) in [5.74, 6) is 1.05. The molecule has 7 heteroatoms. The van der Waals surface area contributed by atoms with E-state index in [-0.39, 0.29) is 11.9 Å². The number of benzene rings is 2. The third-order valence-electron chi connectivity index (χ3n) is 4.58. The number of carbonyl (C=O) groups is 2. The largest absolute Gasteiger partial charge is 0.497 e. The zero-order valence-corrected chi connectivity index (χ0v) is 16.1. The van der Waals surface area contributed by atoms with Crippen LogP contribution in [0.2, 0.25) is 0 Å². The van der Waals surface area contributed by atoms with Gasteiger partial charge in [-0.25, -0.2) is 4.79 Å². The number of anilines is 2. The van der Waals surface area contributed by atoms with Crippen molar-refractivity contribution < 1.29 is 19.1 Å². The molecule has 0 bridgehead atoms. The summed E-state index contributed by atoms with van der Waals surface area (Å²) in [4.78, 5) is 27.1. The van der Waals surface area contributed by atoms with Gasteiger partial charge < -0.3 is 25.0 Å². The average Bonchev–Trinajstić information content (AvgIpc) is 3.20. The maximum atomic E-state index is 12.8. The third kappa shape index (κ3) is 4.54. The van der Waals surface area contributed by atoms with Crippen molar-refractivity contribution in [1.29, 1.82) is 0 Å². The number of methoxy groups -OCH3 is 1. The van der Waals surface area contributed by atoms with Gasteiger partial charge >= 0.3 is 6.03 Å². The fourth-order valence-electron chi connectivity index (χ4n) is 3.25. The molecule has 2 N–H and O–H groups in total. The average molecular weight is 383 g/mol. The standard InChI is InChI=1S/C21H25N3O4/c1-3-28-19-12-5-4-10-17(19)23-20(25)18-11-7-13-24(18)21(26)22-15-8-6-9-16(14-15)27-2/h4-6,8-10,12,14,18H,3,7,11,13H2,1-2H3,(H,22,26)(H,23,25)/t18-/m1/s1. The summed E-state index contributed by atoms with van der Waals surface area (Å²) in [6.45, 7) is 2.92. The predicted molar refractivity (Wildman–Crippen MR) is 108 cm³/mol. The van der Waals surface area contributed by atoms with Crippen molar-refractivity contribution in [1.82, 2.24) is 4.90 Å². The van der Waals surface area contributed by atoms with Gasteiger partial charge in [-0.15, -0.1) is 0 Å². The number of nitrogens with zero attached hydrogens (tertiary/aromatic N) is 1. The minimum atomic E-state index is -0.528. The molecule has 3 amide bonds. The Bertz CT molecular complexity index is 840. The molecular weight excluding hydrogens is 358 g/mol. The van der Waals surface area contributed by atoms with Crippen LogP contribution in [0.25, 0.3) is 0 Å². The molecule has 2 aromatic rings. The lowest BCUT2D eigenvalue weighted by Gasteiger charge is -2.24. The monoisotopic (exact) mass is 383 g/mol. The van der Waals surface area contributed by atoms with Crippen molar-refractivity contribution in [3.63, 3.8) is 0 Å². The van der Waals surface area contributed by atoms with Crippen LogP contribution >= 0.6 is 0 Å². The molecule has 1 fully saturated rings. The summed E-state index contributed by atoms with van der Waals surface area (Å²) < 4.78 is 10.7. The quantitative estimate of drug-likeness (QED) is 0.797. The van der Waals surface area contributed by atoms with E-state index in [9.17, 15) is 9.59 Å². The lowest BCUT2D eigenvalue weighted by Crippen LogP contribution is -2.45. The van der Waals surface area contributed by atoms with Crippen molar-refractivity contribution in [3.8, 4) is 11.5 Å². The Morgan fingerprint density at radius 2 is 1.96 bits per heavy atom. The molecule has 148 valence electrons. The number of amides is 3. The summed E-state index contributed by atoms with van der Waals surface area (Å²) in [6, 6.07) is 13.6. The van der Waals surface area contributed by atoms with Crippen molar-refractivity contribution in [3.05, 3.63) is 48.5 Å². The highest BCUT2D eigenvalue weighted by Crippen LogP contribution is 2.26. The van der Waals surface area contributed by atoms with E-state index >= 15 is 0 Å². The molecule has 0 spiro atoms. The highest BCUT2D eigenvalue weighted by Gasteiger charge is 2.34. The number of carbonyl (C=O) groups excluding carboxylic acids is 2. The topological polar surface area (TPSA) is 79.9 Å². The summed E-state index contributed by atoms with van der Waals surface area (Å²) >= 11 is 0. The van der Waals surface area contributed by atoms with Crippen molar-refractivity contribution >= 4 is 23.3 Å². The molecule has 1 aliphatic heterocycles. The van der Waals surface area contributed by atoms with Crippen molar-refractivity contribution in [2.24, 2.45) is 0 Å². The Kier molecular flexibility index (Phi) is 6.37. The molecule has 1 aliphatic rings. The van der Waals surface area contributed by atoms with Gasteiger partial charge in [0, 0.05) is 18.3 Å². The van der Waals surface area contributed by atoms with E-state index in [0.29, 0.717) is 42.4 Å². The van der Waals surface area contributed by atoms with Gasteiger partial charge in [0.2, 0.25) is 5.91 Å². The Morgan fingerprint density at radius 1 is 1.14 bits per heavy atom. The fourth-order valence-corrected chi connectivity index (χ4v) is 3.25. The molecule has 1 saturated heterocycles. The van der Waals surface area contributed by atoms with Gasteiger partial charge in [0.15, 0.2) is 0 Å². The van der Waals surface area contributed by atoms with Crippen LogP contribution < -0.4 is 20.1 Å². The number of para-hydroxylation sites is 2. The minimum absolute atomic E-state index is 0.217. The first-order valence-electron chi connectivity index (χ1n) is 9.36. The zero-order valence-electron chi connectivity index (χ0n) is 16.1. The summed E-state index contributed by atoms with van der Waals surface area (Å²) in [5, 5.41) is 5.74. The maximum absolute atomic E-state index is 12.8. The molecule has 3 rings (SSSR count). The Balaban J connectivity index is 1.68. The third-order valence-corrected chi connectivity index (χ3v) is 4.58. The highest BCUT2D eigenvalue weighted by atomic mass is 16.5. The van der Waals surface area contributed by atoms with Crippen LogP contribution in [0.4, 0.5) is 16.2 Å². The van der Waals surface area contributed by atoms with Crippen LogP contribution in [0.3, 0.4) is 0 Å². The Labute approximate surface area is 164 Å². The molecule has 2 aromatic carbocycles. The number of ether oxygens (including phenoxy) is 2. The second kappa shape index (κ2) is 9.12. The number of hydrogen-bond acceptors (Lipinski definition) is 4. The van der Waals surface area contributed by atoms with E-state index in [2.05, 4.69) is 10.6 Å². The second-order valence-corrected chi connectivity index (χ2v) is 6.43. The van der Waals surface area contributed by atoms with Crippen LogP contribution in [0, 0.1) is 0 Å². The van der Waals surface area contributed by atoms with Gasteiger partial charge in [-0.1, -0.05) is 18.2 Å². The number of rotatable bonds is 6. The van der Waals surface area contributed by atoms with Gasteiger partial charge in [0.05, 0.1) is 19.4 Å². The number of likely N-dealkylation sites (tertiary alicyclic amines) is 1. The SMILES string of the molecule is CCOc1ccccc1NC(=O)[C@H]1CCCN1C(=O)Nc1cccc(OC)c1. The molecule has 1 heterocycles. The van der Waals surface area contributed by atoms with Crippen molar-refractivity contribution in [2.45, 2.75) is 25.8 Å². The fraction of sp³-hybridized carbons (Fsp3) is 0.333. The van der Waals surface area contributed by atoms with Gasteiger partial charge in [0.1, 0.15) is 17.5 Å². The number of urea groups is 1. The lowest BCUT2D eigenvalue weighted by molar-refractivity contribution is -0.119. The van der Waals surface area contributed by atoms with E-state index in [4.69, 9.17) is 9.47 Å². The lowest BCUT2D eigenvalue weighted by atomic mass is 10.2. The Morgan fingerprint density at radius 3 is 2.75 bits per heavy atom. The van der Waals surface area contributed by atoms with Gasteiger partial charge in [-0.05, 0) is 44.0 Å². The van der Waals surface area contributed by atoms with Crippen LogP contribution in [0.15, 0.2) is 48.5 Å². The molecule has 28 heavy (non-hydrogen) atoms. The van der Waals surface area contributed by atoms with Gasteiger partial charge in [-0.3, -0.25) is 4.79 Å². The van der Waals surface area contributed by atoms with Gasteiger partial charge in [0.25, 0.3) is 0 Å². The molecule has 0 unspecified atom stereocenters. The normalized spacial score (nSPS) is 15.8. The van der Waals surface area contributed by atoms with Crippen LogP contribution in [0.5, 0.6) is 11.5 Å². The molecular formula is C21H25N3O4. The zero-order chi connectivity index (χ0) is 19.9. The first-order valence-corrected chi connectivity index (χ1v) is 9.36. The van der Waals surface area contributed by atoms with E-state index < -0.39 is 6.04 Å². The number of nitrogens with one attached hydrogen (secondary N) is 2. The van der Waals surface area contributed by atoms with Crippen LogP contribution in [-0.2, 0) is 4.79 Å². The first kappa shape index (κ1) is 19.5. The van der Waals surface area contributed by atoms with Crippen LogP contribution in [-0.4, -0.2) is 43.1 Å². The van der Waals surface area contributed by atoms with Gasteiger partial charge in [-0.2, -0.15) is 0 Å². The molecule has 0 aliphatic carbocycles. The van der Waals surface area contributed by atoms with Crippen LogP contribution in [0.1, 0.15) is 19.8 Å². The van der Waals surface area contributed by atoms with Crippen molar-refractivity contribution in [2.75, 3.05) is 30.9 Å². The smallest absolute Gasteiger partial charge is 0.322 e. The van der Waals surface area contributed by atoms with E-state index in [1.807, 2.05) is 19.1 Å². The summed E-state index contributed by atoms with van der Waals surface area (Å²) in [6.07, 6.45) is 1.39. The number of hydrogen-bond donors (Lipinski definition) is 2. The van der Waals surface area contributed by atoms with E-state index in [1.54, 1.807) is 48.4 Å². The first-order chi connectivity index (χ1) is 13.6. The predicted octanol–water partition coefficient (Wildman–Crippen LogP) is 3.73. The molecule has 0 saturated carbocycles.